The molecule has 0 aromatic heterocycles. The quantitative estimate of drug-likeness (QED) is 0.413. The van der Waals surface area contributed by atoms with Gasteiger partial charge in [-0.1, -0.05) is 6.08 Å². The third-order valence-electron chi connectivity index (χ3n) is 1.00. The Morgan fingerprint density at radius 1 is 1.88 bits per heavy atom. The third kappa shape index (κ3) is 1.89. The highest BCUT2D eigenvalue weighted by Gasteiger charge is 1.97. The zero-order valence-electron chi connectivity index (χ0n) is 5.26. The van der Waals surface area contributed by atoms with E-state index in [0.29, 0.717) is 5.71 Å². The Bertz CT molecular complexity index is 107. The van der Waals surface area contributed by atoms with E-state index in [0.717, 1.165) is 0 Å². The van der Waals surface area contributed by atoms with E-state index < -0.39 is 6.10 Å². The summed E-state index contributed by atoms with van der Waals surface area (Å²) in [4.78, 5) is 3.75. The molecule has 0 radical (unpaired) electrons. The first-order valence-corrected chi connectivity index (χ1v) is 2.46. The minimum Gasteiger partial charge on any atom is -0.383 e. The van der Waals surface area contributed by atoms with E-state index in [1.54, 1.807) is 14.0 Å². The Kier molecular flexibility index (Phi) is 3.12. The molecule has 0 bridgehead atoms. The van der Waals surface area contributed by atoms with Crippen LogP contribution in [0.3, 0.4) is 0 Å². The van der Waals surface area contributed by atoms with Crippen molar-refractivity contribution in [3.05, 3.63) is 12.7 Å². The summed E-state index contributed by atoms with van der Waals surface area (Å²) >= 11 is 0. The standard InChI is InChI=1S/C6H11NO/c1-4-6(8)5(2)7-3/h4,6,8H,1H2,2-3H3. The maximum atomic E-state index is 8.88. The van der Waals surface area contributed by atoms with Gasteiger partial charge in [-0.3, -0.25) is 4.99 Å². The van der Waals surface area contributed by atoms with E-state index >= 15 is 0 Å². The van der Waals surface area contributed by atoms with E-state index in [9.17, 15) is 0 Å². The van der Waals surface area contributed by atoms with E-state index in [-0.39, 0.29) is 0 Å². The molecule has 0 amide bonds. The number of hydrogen-bond donors (Lipinski definition) is 1. The van der Waals surface area contributed by atoms with Crippen LogP contribution in [-0.2, 0) is 0 Å². The molecule has 0 heterocycles. The lowest BCUT2D eigenvalue weighted by Crippen LogP contribution is -2.12. The minimum absolute atomic E-state index is 0.569. The Labute approximate surface area is 49.6 Å². The second-order valence-electron chi connectivity index (χ2n) is 1.55. The van der Waals surface area contributed by atoms with Crippen molar-refractivity contribution in [1.82, 2.24) is 0 Å². The topological polar surface area (TPSA) is 32.6 Å². The Hall–Kier alpha value is -0.630. The summed E-state index contributed by atoms with van der Waals surface area (Å²) in [6, 6.07) is 0. The van der Waals surface area contributed by atoms with Gasteiger partial charge < -0.3 is 5.11 Å². The fourth-order valence-electron chi connectivity index (χ4n) is 0.303. The lowest BCUT2D eigenvalue weighted by Gasteiger charge is -2.00. The predicted molar refractivity (Wildman–Crippen MR) is 35.2 cm³/mol. The summed E-state index contributed by atoms with van der Waals surface area (Å²) in [6.45, 7) is 5.16. The van der Waals surface area contributed by atoms with Gasteiger partial charge in [0.15, 0.2) is 0 Å². The number of aliphatic hydroxyl groups is 1. The van der Waals surface area contributed by atoms with Crippen molar-refractivity contribution in [2.75, 3.05) is 7.05 Å². The summed E-state index contributed by atoms with van der Waals surface area (Å²) < 4.78 is 0. The van der Waals surface area contributed by atoms with Crippen LogP contribution in [0.4, 0.5) is 0 Å². The van der Waals surface area contributed by atoms with E-state index in [1.165, 1.54) is 6.08 Å². The molecule has 0 aliphatic rings. The number of aliphatic hydroxyl groups excluding tert-OH is 1. The van der Waals surface area contributed by atoms with Crippen molar-refractivity contribution in [2.45, 2.75) is 13.0 Å². The van der Waals surface area contributed by atoms with Gasteiger partial charge in [0.1, 0.15) is 6.10 Å². The van der Waals surface area contributed by atoms with Crippen LogP contribution in [0.2, 0.25) is 0 Å². The molecule has 2 heteroatoms. The van der Waals surface area contributed by atoms with Gasteiger partial charge >= 0.3 is 0 Å². The zero-order chi connectivity index (χ0) is 6.57. The average molecular weight is 113 g/mol. The van der Waals surface area contributed by atoms with E-state index in [4.69, 9.17) is 5.11 Å². The first kappa shape index (κ1) is 7.37. The summed E-state index contributed by atoms with van der Waals surface area (Å²) in [5.41, 5.74) is 0.694. The van der Waals surface area contributed by atoms with Crippen molar-refractivity contribution in [1.29, 1.82) is 0 Å². The molecule has 0 saturated carbocycles. The zero-order valence-corrected chi connectivity index (χ0v) is 5.26. The molecule has 0 aliphatic carbocycles. The van der Waals surface area contributed by atoms with Crippen LogP contribution in [0.25, 0.3) is 0 Å². The fraction of sp³-hybridized carbons (Fsp3) is 0.500. The SMILES string of the molecule is C=CC(O)C(C)=NC. The summed E-state index contributed by atoms with van der Waals surface area (Å²) in [5, 5.41) is 8.88. The second kappa shape index (κ2) is 3.38. The molecule has 0 spiro atoms. The predicted octanol–water partition coefficient (Wildman–Crippen LogP) is 0.624. The van der Waals surface area contributed by atoms with Crippen molar-refractivity contribution in [3.63, 3.8) is 0 Å². The maximum absolute atomic E-state index is 8.88. The number of rotatable bonds is 2. The van der Waals surface area contributed by atoms with Gasteiger partial charge in [0.2, 0.25) is 0 Å². The molecule has 8 heavy (non-hydrogen) atoms. The van der Waals surface area contributed by atoms with Crippen molar-refractivity contribution < 1.29 is 5.11 Å². The highest BCUT2D eigenvalue weighted by Crippen LogP contribution is 1.86. The van der Waals surface area contributed by atoms with Crippen LogP contribution >= 0.6 is 0 Å². The molecule has 2 nitrogen and oxygen atoms in total. The summed E-state index contributed by atoms with van der Waals surface area (Å²) in [7, 11) is 1.64. The molecule has 1 N–H and O–H groups in total. The molecule has 0 aromatic rings. The van der Waals surface area contributed by atoms with E-state index in [2.05, 4.69) is 11.6 Å². The van der Waals surface area contributed by atoms with Crippen molar-refractivity contribution in [3.8, 4) is 0 Å². The van der Waals surface area contributed by atoms with Gasteiger partial charge in [-0.2, -0.15) is 0 Å². The van der Waals surface area contributed by atoms with E-state index in [1.807, 2.05) is 0 Å². The van der Waals surface area contributed by atoms with Crippen LogP contribution in [0.1, 0.15) is 6.92 Å². The highest BCUT2D eigenvalue weighted by molar-refractivity contribution is 5.87. The maximum Gasteiger partial charge on any atom is 0.109 e. The van der Waals surface area contributed by atoms with Crippen LogP contribution < -0.4 is 0 Å². The summed E-state index contributed by atoms with van der Waals surface area (Å²) in [5.74, 6) is 0. The molecule has 0 aliphatic heterocycles. The Morgan fingerprint density at radius 3 is 2.50 bits per heavy atom. The van der Waals surface area contributed by atoms with Gasteiger partial charge in [-0.25, -0.2) is 0 Å². The molecule has 0 saturated heterocycles. The highest BCUT2D eigenvalue weighted by atomic mass is 16.3. The molecule has 1 unspecified atom stereocenters. The molecular formula is C6H11NO. The molecule has 0 aromatic carbocycles. The first-order chi connectivity index (χ1) is 3.72. The van der Waals surface area contributed by atoms with Crippen molar-refractivity contribution >= 4 is 5.71 Å². The Morgan fingerprint density at radius 2 is 2.38 bits per heavy atom. The first-order valence-electron chi connectivity index (χ1n) is 2.46. The molecule has 0 rings (SSSR count). The third-order valence-corrected chi connectivity index (χ3v) is 1.00. The van der Waals surface area contributed by atoms with Gasteiger partial charge in [0.05, 0.1) is 0 Å². The van der Waals surface area contributed by atoms with Gasteiger partial charge in [-0.15, -0.1) is 6.58 Å². The molecular weight excluding hydrogens is 102 g/mol. The smallest absolute Gasteiger partial charge is 0.109 e. The van der Waals surface area contributed by atoms with Crippen LogP contribution in [-0.4, -0.2) is 24.0 Å². The van der Waals surface area contributed by atoms with Gasteiger partial charge in [0, 0.05) is 12.8 Å². The van der Waals surface area contributed by atoms with Crippen LogP contribution in [0.5, 0.6) is 0 Å². The number of aliphatic imine (C=N–C) groups is 1. The van der Waals surface area contributed by atoms with Gasteiger partial charge in [0.25, 0.3) is 0 Å². The average Bonchev–Trinajstić information content (AvgIpc) is 1.84. The minimum atomic E-state index is -0.569. The fourth-order valence-corrected chi connectivity index (χ4v) is 0.303. The number of nitrogens with zero attached hydrogens (tertiary/aromatic N) is 1. The normalized spacial score (nSPS) is 15.6. The number of hydrogen-bond acceptors (Lipinski definition) is 2. The second-order valence-corrected chi connectivity index (χ2v) is 1.55. The summed E-state index contributed by atoms with van der Waals surface area (Å²) in [6.07, 6.45) is 0.877. The molecule has 0 fully saturated rings. The Balaban J connectivity index is 3.81. The van der Waals surface area contributed by atoms with Crippen LogP contribution in [0, 0.1) is 0 Å². The lowest BCUT2D eigenvalue weighted by atomic mass is 10.2. The molecule has 46 valence electrons. The monoisotopic (exact) mass is 113 g/mol. The molecule has 1 atom stereocenters. The van der Waals surface area contributed by atoms with Crippen LogP contribution in [0.15, 0.2) is 17.6 Å². The van der Waals surface area contributed by atoms with Crippen molar-refractivity contribution in [2.24, 2.45) is 4.99 Å². The van der Waals surface area contributed by atoms with Gasteiger partial charge in [-0.05, 0) is 6.92 Å². The largest absolute Gasteiger partial charge is 0.383 e. The lowest BCUT2D eigenvalue weighted by molar-refractivity contribution is 0.288.